The number of para-hydroxylation sites is 1. The maximum Gasteiger partial charge on any atom is 0.330 e. The number of carbonyl (C=O) groups excluding carboxylic acids is 2. The van der Waals surface area contributed by atoms with Crippen LogP contribution in [0.4, 0.5) is 0 Å². The fourth-order valence-corrected chi connectivity index (χ4v) is 1.39. The van der Waals surface area contributed by atoms with E-state index in [1.54, 1.807) is 24.3 Å². The van der Waals surface area contributed by atoms with Crippen LogP contribution in [0.2, 0.25) is 0 Å². The van der Waals surface area contributed by atoms with Gasteiger partial charge in [0.15, 0.2) is 6.04 Å². The molecule has 98 valence electrons. The van der Waals surface area contributed by atoms with E-state index in [2.05, 4.69) is 10.1 Å². The number of rotatable bonds is 5. The number of esters is 1. The van der Waals surface area contributed by atoms with Crippen LogP contribution < -0.4 is 10.1 Å². The topological polar surface area (TPSA) is 84.9 Å². The standard InChI is InChI=1S/C12H15NO5/c1-17-10-6-4-3-5-8(10)11(15)13-9(7-14)12(16)18-2/h3-6,9,14H,7H2,1-2H3,(H,13,15). The van der Waals surface area contributed by atoms with Crippen molar-refractivity contribution in [1.82, 2.24) is 5.32 Å². The zero-order chi connectivity index (χ0) is 13.5. The minimum atomic E-state index is -1.09. The molecule has 1 aromatic rings. The second-order valence-electron chi connectivity index (χ2n) is 3.43. The fourth-order valence-electron chi connectivity index (χ4n) is 1.39. The van der Waals surface area contributed by atoms with Gasteiger partial charge >= 0.3 is 5.97 Å². The first-order chi connectivity index (χ1) is 8.63. The first-order valence-electron chi connectivity index (χ1n) is 5.26. The number of aliphatic hydroxyl groups is 1. The zero-order valence-corrected chi connectivity index (χ0v) is 10.2. The lowest BCUT2D eigenvalue weighted by atomic mass is 10.1. The van der Waals surface area contributed by atoms with Gasteiger partial charge in [0.25, 0.3) is 5.91 Å². The van der Waals surface area contributed by atoms with Crippen molar-refractivity contribution in [3.05, 3.63) is 29.8 Å². The van der Waals surface area contributed by atoms with Crippen LogP contribution in [-0.2, 0) is 9.53 Å². The number of aliphatic hydroxyl groups excluding tert-OH is 1. The summed E-state index contributed by atoms with van der Waals surface area (Å²) in [6, 6.07) is 5.48. The molecule has 0 radical (unpaired) electrons. The molecular formula is C12H15NO5. The van der Waals surface area contributed by atoms with Crippen molar-refractivity contribution in [3.63, 3.8) is 0 Å². The second-order valence-corrected chi connectivity index (χ2v) is 3.43. The normalized spacial score (nSPS) is 11.5. The Morgan fingerprint density at radius 3 is 2.56 bits per heavy atom. The lowest BCUT2D eigenvalue weighted by Crippen LogP contribution is -2.44. The summed E-state index contributed by atoms with van der Waals surface area (Å²) in [6.45, 7) is -0.534. The Morgan fingerprint density at radius 2 is 2.00 bits per heavy atom. The van der Waals surface area contributed by atoms with Crippen LogP contribution in [0.3, 0.4) is 0 Å². The summed E-state index contributed by atoms with van der Waals surface area (Å²) >= 11 is 0. The van der Waals surface area contributed by atoms with Crippen LogP contribution in [0.5, 0.6) is 5.75 Å². The minimum Gasteiger partial charge on any atom is -0.496 e. The quantitative estimate of drug-likeness (QED) is 0.719. The maximum atomic E-state index is 11.9. The molecule has 0 spiro atoms. The van der Waals surface area contributed by atoms with Gasteiger partial charge in [-0.25, -0.2) is 4.79 Å². The van der Waals surface area contributed by atoms with Crippen molar-refractivity contribution >= 4 is 11.9 Å². The molecule has 18 heavy (non-hydrogen) atoms. The molecule has 0 fully saturated rings. The van der Waals surface area contributed by atoms with Crippen molar-refractivity contribution in [1.29, 1.82) is 0 Å². The summed E-state index contributed by atoms with van der Waals surface area (Å²) < 4.78 is 9.48. The van der Waals surface area contributed by atoms with Gasteiger partial charge in [0.2, 0.25) is 0 Å². The van der Waals surface area contributed by atoms with Gasteiger partial charge in [-0.1, -0.05) is 12.1 Å². The van der Waals surface area contributed by atoms with Crippen LogP contribution in [0.15, 0.2) is 24.3 Å². The van der Waals surface area contributed by atoms with Crippen molar-refractivity contribution in [2.75, 3.05) is 20.8 Å². The molecular weight excluding hydrogens is 238 g/mol. The molecule has 0 aromatic heterocycles. The van der Waals surface area contributed by atoms with E-state index in [1.165, 1.54) is 14.2 Å². The molecule has 6 heteroatoms. The lowest BCUT2D eigenvalue weighted by Gasteiger charge is -2.15. The molecule has 0 aliphatic rings. The first kappa shape index (κ1) is 14.0. The number of nitrogens with one attached hydrogen (secondary N) is 1. The highest BCUT2D eigenvalue weighted by molar-refractivity contribution is 5.99. The van der Waals surface area contributed by atoms with Gasteiger partial charge in [0, 0.05) is 0 Å². The molecule has 0 saturated carbocycles. The van der Waals surface area contributed by atoms with E-state index in [9.17, 15) is 9.59 Å². The Balaban J connectivity index is 2.84. The second kappa shape index (κ2) is 6.61. The van der Waals surface area contributed by atoms with Gasteiger partial charge in [-0.05, 0) is 12.1 Å². The molecule has 1 aromatic carbocycles. The van der Waals surface area contributed by atoms with Gasteiger partial charge in [0.1, 0.15) is 5.75 Å². The summed E-state index contributed by atoms with van der Waals surface area (Å²) in [5, 5.41) is 11.4. The summed E-state index contributed by atoms with van der Waals surface area (Å²) in [5.41, 5.74) is 0.280. The molecule has 1 rings (SSSR count). The third kappa shape index (κ3) is 3.21. The molecule has 0 heterocycles. The van der Waals surface area contributed by atoms with E-state index in [0.717, 1.165) is 0 Å². The van der Waals surface area contributed by atoms with E-state index < -0.39 is 24.5 Å². The van der Waals surface area contributed by atoms with Crippen molar-refractivity contribution in [2.45, 2.75) is 6.04 Å². The lowest BCUT2D eigenvalue weighted by molar-refractivity contribution is -0.143. The van der Waals surface area contributed by atoms with Crippen LogP contribution in [-0.4, -0.2) is 43.9 Å². The number of hydrogen-bond donors (Lipinski definition) is 2. The molecule has 0 bridgehead atoms. The highest BCUT2D eigenvalue weighted by atomic mass is 16.5. The molecule has 1 unspecified atom stereocenters. The third-order valence-electron chi connectivity index (χ3n) is 2.33. The highest BCUT2D eigenvalue weighted by Crippen LogP contribution is 2.16. The maximum absolute atomic E-state index is 11.9. The predicted molar refractivity (Wildman–Crippen MR) is 63.4 cm³/mol. The number of amides is 1. The SMILES string of the molecule is COC(=O)C(CO)NC(=O)c1ccccc1OC. The van der Waals surface area contributed by atoms with E-state index in [4.69, 9.17) is 9.84 Å². The van der Waals surface area contributed by atoms with Gasteiger partial charge in [-0.15, -0.1) is 0 Å². The molecule has 0 saturated heterocycles. The Bertz CT molecular complexity index is 432. The summed E-state index contributed by atoms with van der Waals surface area (Å²) in [5.74, 6) is -0.839. The third-order valence-corrected chi connectivity index (χ3v) is 2.33. The Kier molecular flexibility index (Phi) is 5.13. The summed E-state index contributed by atoms with van der Waals surface area (Å²) in [6.07, 6.45) is 0. The number of benzene rings is 1. The monoisotopic (exact) mass is 253 g/mol. The predicted octanol–water partition coefficient (Wildman–Crippen LogP) is -0.0411. The van der Waals surface area contributed by atoms with E-state index in [0.29, 0.717) is 5.75 Å². The Morgan fingerprint density at radius 1 is 1.33 bits per heavy atom. The molecule has 0 aliphatic heterocycles. The van der Waals surface area contributed by atoms with Gasteiger partial charge in [-0.2, -0.15) is 0 Å². The van der Waals surface area contributed by atoms with Gasteiger partial charge in [-0.3, -0.25) is 4.79 Å². The van der Waals surface area contributed by atoms with Crippen LogP contribution in [0.25, 0.3) is 0 Å². The molecule has 2 N–H and O–H groups in total. The number of ether oxygens (including phenoxy) is 2. The average molecular weight is 253 g/mol. The summed E-state index contributed by atoms with van der Waals surface area (Å²) in [7, 11) is 2.62. The summed E-state index contributed by atoms with van der Waals surface area (Å²) in [4.78, 5) is 23.1. The van der Waals surface area contributed by atoms with Crippen molar-refractivity contribution < 1.29 is 24.2 Å². The van der Waals surface area contributed by atoms with Gasteiger partial charge in [0.05, 0.1) is 26.4 Å². The largest absolute Gasteiger partial charge is 0.496 e. The van der Waals surface area contributed by atoms with Crippen LogP contribution in [0, 0.1) is 0 Å². The van der Waals surface area contributed by atoms with Crippen LogP contribution in [0.1, 0.15) is 10.4 Å². The number of methoxy groups -OCH3 is 2. The van der Waals surface area contributed by atoms with E-state index >= 15 is 0 Å². The van der Waals surface area contributed by atoms with Crippen LogP contribution >= 0.6 is 0 Å². The molecule has 1 atom stereocenters. The number of hydrogen-bond acceptors (Lipinski definition) is 5. The minimum absolute atomic E-state index is 0.280. The average Bonchev–Trinajstić information content (AvgIpc) is 2.43. The molecule has 0 aliphatic carbocycles. The van der Waals surface area contributed by atoms with E-state index in [1.807, 2.05) is 0 Å². The van der Waals surface area contributed by atoms with Crippen molar-refractivity contribution in [2.24, 2.45) is 0 Å². The zero-order valence-electron chi connectivity index (χ0n) is 10.2. The Labute approximate surface area is 105 Å². The first-order valence-corrected chi connectivity index (χ1v) is 5.26. The molecule has 1 amide bonds. The highest BCUT2D eigenvalue weighted by Gasteiger charge is 2.22. The number of carbonyl (C=O) groups is 2. The smallest absolute Gasteiger partial charge is 0.330 e. The van der Waals surface area contributed by atoms with Gasteiger partial charge < -0.3 is 19.9 Å². The fraction of sp³-hybridized carbons (Fsp3) is 0.333. The molecule has 6 nitrogen and oxygen atoms in total. The van der Waals surface area contributed by atoms with Crippen molar-refractivity contribution in [3.8, 4) is 5.75 Å². The van der Waals surface area contributed by atoms with E-state index in [-0.39, 0.29) is 5.56 Å². The Hall–Kier alpha value is -2.08.